The standard InChI is InChI=1S/C17H17N7/c1-10-6-11(13-3-5-21-24-13)7-15-17(10)14(8-16(18)22-15)19-9-12-2-4-20-23-12/h2-8H,9H2,1H3,(H,20,23)(H,21,24)(H3,18,19,22). The fourth-order valence-corrected chi connectivity index (χ4v) is 2.88. The van der Waals surface area contributed by atoms with Crippen LogP contribution in [0.5, 0.6) is 0 Å². The molecule has 7 nitrogen and oxygen atoms in total. The first-order chi connectivity index (χ1) is 11.7. The van der Waals surface area contributed by atoms with E-state index >= 15 is 0 Å². The molecule has 0 radical (unpaired) electrons. The quantitative estimate of drug-likeness (QED) is 0.462. The van der Waals surface area contributed by atoms with Gasteiger partial charge in [-0.15, -0.1) is 0 Å². The van der Waals surface area contributed by atoms with Crippen LogP contribution in [0.2, 0.25) is 0 Å². The molecule has 0 amide bonds. The Morgan fingerprint density at radius 1 is 1.08 bits per heavy atom. The number of H-pyrrole nitrogens is 2. The van der Waals surface area contributed by atoms with Crippen molar-refractivity contribution in [2.75, 3.05) is 11.1 Å². The maximum atomic E-state index is 6.00. The molecule has 0 saturated heterocycles. The van der Waals surface area contributed by atoms with Crippen LogP contribution < -0.4 is 11.1 Å². The highest BCUT2D eigenvalue weighted by molar-refractivity contribution is 5.97. The lowest BCUT2D eigenvalue weighted by molar-refractivity contribution is 0.982. The van der Waals surface area contributed by atoms with Crippen molar-refractivity contribution in [2.24, 2.45) is 0 Å². The van der Waals surface area contributed by atoms with Crippen molar-refractivity contribution in [3.05, 3.63) is 54.0 Å². The minimum atomic E-state index is 0.477. The van der Waals surface area contributed by atoms with Crippen LogP contribution >= 0.6 is 0 Å². The Balaban J connectivity index is 1.79. The van der Waals surface area contributed by atoms with Gasteiger partial charge in [-0.25, -0.2) is 4.98 Å². The molecule has 120 valence electrons. The fourth-order valence-electron chi connectivity index (χ4n) is 2.88. The minimum absolute atomic E-state index is 0.477. The monoisotopic (exact) mass is 319 g/mol. The van der Waals surface area contributed by atoms with Crippen molar-refractivity contribution in [3.63, 3.8) is 0 Å². The van der Waals surface area contributed by atoms with E-state index in [0.717, 1.165) is 39.1 Å². The van der Waals surface area contributed by atoms with Gasteiger partial charge in [0.2, 0.25) is 0 Å². The molecular weight excluding hydrogens is 302 g/mol. The van der Waals surface area contributed by atoms with E-state index in [1.165, 1.54) is 0 Å². The molecule has 4 aromatic rings. The first-order valence-corrected chi connectivity index (χ1v) is 7.64. The molecule has 0 fully saturated rings. The number of aryl methyl sites for hydroxylation is 1. The van der Waals surface area contributed by atoms with Crippen molar-refractivity contribution in [1.29, 1.82) is 0 Å². The molecule has 24 heavy (non-hydrogen) atoms. The Bertz CT molecular complexity index is 972. The number of nitrogen functional groups attached to an aromatic ring is 1. The molecule has 0 unspecified atom stereocenters. The molecule has 0 spiro atoms. The van der Waals surface area contributed by atoms with Gasteiger partial charge in [0.05, 0.1) is 23.4 Å². The van der Waals surface area contributed by atoms with E-state index in [1.54, 1.807) is 12.4 Å². The zero-order valence-electron chi connectivity index (χ0n) is 13.2. The molecule has 1 aromatic carbocycles. The number of benzene rings is 1. The van der Waals surface area contributed by atoms with E-state index in [4.69, 9.17) is 5.73 Å². The molecule has 0 aliphatic carbocycles. The van der Waals surface area contributed by atoms with E-state index in [0.29, 0.717) is 12.4 Å². The summed E-state index contributed by atoms with van der Waals surface area (Å²) in [5, 5.41) is 18.5. The predicted molar refractivity (Wildman–Crippen MR) is 94.4 cm³/mol. The van der Waals surface area contributed by atoms with Crippen LogP contribution in [0.25, 0.3) is 22.2 Å². The van der Waals surface area contributed by atoms with Gasteiger partial charge in [0, 0.05) is 35.1 Å². The topological polar surface area (TPSA) is 108 Å². The third-order valence-corrected chi connectivity index (χ3v) is 3.94. The van der Waals surface area contributed by atoms with Gasteiger partial charge in [0.15, 0.2) is 0 Å². The van der Waals surface area contributed by atoms with Crippen LogP contribution in [-0.2, 0) is 6.54 Å². The Labute approximate surface area is 138 Å². The van der Waals surface area contributed by atoms with Gasteiger partial charge in [0.25, 0.3) is 0 Å². The SMILES string of the molecule is Cc1cc(-c2cc[nH]n2)cc2nc(N)cc(NCc3cc[nH]n3)c12. The molecule has 5 N–H and O–H groups in total. The second-order valence-corrected chi connectivity index (χ2v) is 5.66. The van der Waals surface area contributed by atoms with E-state index < -0.39 is 0 Å². The largest absolute Gasteiger partial charge is 0.384 e. The second kappa shape index (κ2) is 5.69. The lowest BCUT2D eigenvalue weighted by Crippen LogP contribution is -2.03. The number of rotatable bonds is 4. The summed E-state index contributed by atoms with van der Waals surface area (Å²) in [5.74, 6) is 0.477. The van der Waals surface area contributed by atoms with Gasteiger partial charge in [-0.1, -0.05) is 0 Å². The third kappa shape index (κ3) is 2.56. The zero-order chi connectivity index (χ0) is 16.5. The Hall–Kier alpha value is -3.35. The van der Waals surface area contributed by atoms with Crippen LogP contribution in [0.1, 0.15) is 11.3 Å². The van der Waals surface area contributed by atoms with E-state index in [9.17, 15) is 0 Å². The number of pyridine rings is 1. The Kier molecular flexibility index (Phi) is 3.38. The summed E-state index contributed by atoms with van der Waals surface area (Å²) in [6.45, 7) is 2.68. The molecule has 0 bridgehead atoms. The summed E-state index contributed by atoms with van der Waals surface area (Å²) < 4.78 is 0. The second-order valence-electron chi connectivity index (χ2n) is 5.66. The summed E-state index contributed by atoms with van der Waals surface area (Å²) in [6.07, 6.45) is 3.61. The Morgan fingerprint density at radius 3 is 2.67 bits per heavy atom. The predicted octanol–water partition coefficient (Wildman–Crippen LogP) is 2.85. The minimum Gasteiger partial charge on any atom is -0.384 e. The highest BCUT2D eigenvalue weighted by Gasteiger charge is 2.11. The summed E-state index contributed by atoms with van der Waals surface area (Å²) in [4.78, 5) is 4.49. The third-order valence-electron chi connectivity index (χ3n) is 3.94. The van der Waals surface area contributed by atoms with Gasteiger partial charge >= 0.3 is 0 Å². The van der Waals surface area contributed by atoms with Crippen LogP contribution in [0.15, 0.2) is 42.7 Å². The van der Waals surface area contributed by atoms with Crippen molar-refractivity contribution >= 4 is 22.4 Å². The molecule has 0 atom stereocenters. The summed E-state index contributed by atoms with van der Waals surface area (Å²) in [6, 6.07) is 9.84. The smallest absolute Gasteiger partial charge is 0.126 e. The molecule has 7 heteroatoms. The molecular formula is C17H17N7. The number of hydrogen-bond acceptors (Lipinski definition) is 5. The Morgan fingerprint density at radius 2 is 1.92 bits per heavy atom. The number of nitrogens with two attached hydrogens (primary N) is 1. The number of hydrogen-bond donors (Lipinski definition) is 4. The van der Waals surface area contributed by atoms with Gasteiger partial charge in [0.1, 0.15) is 5.82 Å². The van der Waals surface area contributed by atoms with E-state index in [1.807, 2.05) is 24.3 Å². The van der Waals surface area contributed by atoms with Gasteiger partial charge in [-0.3, -0.25) is 10.2 Å². The normalized spacial score (nSPS) is 11.0. The maximum Gasteiger partial charge on any atom is 0.126 e. The van der Waals surface area contributed by atoms with Gasteiger partial charge in [-0.2, -0.15) is 10.2 Å². The van der Waals surface area contributed by atoms with Crippen LogP contribution in [0, 0.1) is 6.92 Å². The van der Waals surface area contributed by atoms with Crippen molar-refractivity contribution in [1.82, 2.24) is 25.4 Å². The first kappa shape index (κ1) is 14.3. The zero-order valence-corrected chi connectivity index (χ0v) is 13.2. The molecule has 0 saturated carbocycles. The summed E-state index contributed by atoms with van der Waals surface area (Å²) in [7, 11) is 0. The number of fused-ring (bicyclic) bond motifs is 1. The van der Waals surface area contributed by atoms with Crippen LogP contribution in [0.3, 0.4) is 0 Å². The van der Waals surface area contributed by atoms with Gasteiger partial charge in [-0.05, 0) is 36.8 Å². The average molecular weight is 319 g/mol. The van der Waals surface area contributed by atoms with Crippen LogP contribution in [0.4, 0.5) is 11.5 Å². The molecule has 3 aromatic heterocycles. The number of aromatic amines is 2. The number of nitrogens with zero attached hydrogens (tertiary/aromatic N) is 3. The van der Waals surface area contributed by atoms with E-state index in [2.05, 4.69) is 43.7 Å². The first-order valence-electron chi connectivity index (χ1n) is 7.64. The van der Waals surface area contributed by atoms with Crippen molar-refractivity contribution in [3.8, 4) is 11.3 Å². The average Bonchev–Trinajstić information content (AvgIpc) is 3.25. The number of aromatic nitrogens is 5. The molecule has 0 aliphatic rings. The number of nitrogens with one attached hydrogen (secondary N) is 3. The lowest BCUT2D eigenvalue weighted by atomic mass is 10.0. The molecule has 4 rings (SSSR count). The maximum absolute atomic E-state index is 6.00. The lowest BCUT2D eigenvalue weighted by Gasteiger charge is -2.13. The molecule has 0 aliphatic heterocycles. The molecule has 3 heterocycles. The highest BCUT2D eigenvalue weighted by atomic mass is 15.1. The van der Waals surface area contributed by atoms with Crippen LogP contribution in [-0.4, -0.2) is 25.4 Å². The van der Waals surface area contributed by atoms with Crippen molar-refractivity contribution < 1.29 is 0 Å². The summed E-state index contributed by atoms with van der Waals surface area (Å²) >= 11 is 0. The van der Waals surface area contributed by atoms with Gasteiger partial charge < -0.3 is 11.1 Å². The summed E-state index contributed by atoms with van der Waals surface area (Å²) in [5.41, 5.74) is 11.7. The van der Waals surface area contributed by atoms with Crippen molar-refractivity contribution in [2.45, 2.75) is 13.5 Å². The number of anilines is 2. The fraction of sp³-hybridized carbons (Fsp3) is 0.118. The highest BCUT2D eigenvalue weighted by Crippen LogP contribution is 2.31. The van der Waals surface area contributed by atoms with E-state index in [-0.39, 0.29) is 0 Å².